The number of rotatable bonds is 9. The van der Waals surface area contributed by atoms with Gasteiger partial charge < -0.3 is 15.0 Å². The van der Waals surface area contributed by atoms with Crippen LogP contribution in [0.4, 0.5) is 0 Å². The van der Waals surface area contributed by atoms with Crippen molar-refractivity contribution in [2.75, 3.05) is 13.2 Å². The second-order valence-electron chi connectivity index (χ2n) is 7.08. The third-order valence-corrected chi connectivity index (χ3v) is 5.86. The first-order valence-corrected chi connectivity index (χ1v) is 10.6. The number of aliphatic hydroxyl groups is 1. The number of aromatic nitrogens is 2. The monoisotopic (exact) mass is 455 g/mol. The molecule has 0 saturated heterocycles. The average molecular weight is 456 g/mol. The van der Waals surface area contributed by atoms with E-state index in [2.05, 4.69) is 44.4 Å². The maximum Gasteiger partial charge on any atom is 0.265 e. The molecule has 2 heterocycles. The highest BCUT2D eigenvalue weighted by molar-refractivity contribution is 9.10. The predicted molar refractivity (Wildman–Crippen MR) is 120 cm³/mol. The van der Waals surface area contributed by atoms with E-state index >= 15 is 0 Å². The first-order valence-electron chi connectivity index (χ1n) is 9.77. The lowest BCUT2D eigenvalue weighted by atomic mass is 9.95. The molecular weight excluding hydrogens is 430 g/mol. The van der Waals surface area contributed by atoms with Crippen molar-refractivity contribution in [3.8, 4) is 11.1 Å². The molecule has 0 saturated carbocycles. The highest BCUT2D eigenvalue weighted by atomic mass is 79.9. The maximum atomic E-state index is 12.9. The lowest BCUT2D eigenvalue weighted by Gasteiger charge is -2.22. The molecule has 1 aromatic carbocycles. The van der Waals surface area contributed by atoms with Gasteiger partial charge in [-0.1, -0.05) is 30.3 Å². The van der Waals surface area contributed by atoms with Crippen molar-refractivity contribution in [3.63, 3.8) is 0 Å². The molecule has 2 aromatic heterocycles. The molecule has 0 radical (unpaired) electrons. The summed E-state index contributed by atoms with van der Waals surface area (Å²) in [5.41, 5.74) is 3.92. The van der Waals surface area contributed by atoms with Gasteiger partial charge in [-0.2, -0.15) is 0 Å². The van der Waals surface area contributed by atoms with Gasteiger partial charge in [0.05, 0.1) is 4.47 Å². The van der Waals surface area contributed by atoms with E-state index in [0.29, 0.717) is 10.9 Å². The standard InChI is InChI=1S/C23H26BrN3O2/c1-27-21(14-20(22(24)23(27)29)18-9-11-25-12-10-18)19(8-5-13-28)16-26-15-17-6-3-2-4-7-17/h2-4,6-7,9-12,14,19,26,28H,5,8,13,15-16H2,1H3. The van der Waals surface area contributed by atoms with Crippen molar-refractivity contribution in [2.45, 2.75) is 25.3 Å². The fourth-order valence-electron chi connectivity index (χ4n) is 3.50. The Balaban J connectivity index is 1.90. The molecule has 0 aliphatic carbocycles. The molecule has 1 atom stereocenters. The fraction of sp³-hybridized carbons (Fsp3) is 0.304. The van der Waals surface area contributed by atoms with Gasteiger partial charge in [0.25, 0.3) is 5.56 Å². The second-order valence-corrected chi connectivity index (χ2v) is 7.87. The first kappa shape index (κ1) is 21.4. The van der Waals surface area contributed by atoms with Crippen LogP contribution in [-0.2, 0) is 13.6 Å². The van der Waals surface area contributed by atoms with Crippen LogP contribution < -0.4 is 10.9 Å². The van der Waals surface area contributed by atoms with E-state index in [9.17, 15) is 9.90 Å². The molecule has 0 aliphatic heterocycles. The van der Waals surface area contributed by atoms with E-state index in [-0.39, 0.29) is 18.1 Å². The third-order valence-electron chi connectivity index (χ3n) is 5.09. The summed E-state index contributed by atoms with van der Waals surface area (Å²) in [6.45, 7) is 1.62. The van der Waals surface area contributed by atoms with Gasteiger partial charge in [0, 0.05) is 56.3 Å². The highest BCUT2D eigenvalue weighted by Gasteiger charge is 2.19. The van der Waals surface area contributed by atoms with Crippen LogP contribution in [-0.4, -0.2) is 27.8 Å². The number of halogens is 1. The van der Waals surface area contributed by atoms with E-state index in [0.717, 1.165) is 36.3 Å². The lowest BCUT2D eigenvalue weighted by Crippen LogP contribution is -2.28. The Labute approximate surface area is 179 Å². The van der Waals surface area contributed by atoms with Crippen LogP contribution in [0, 0.1) is 0 Å². The van der Waals surface area contributed by atoms with Gasteiger partial charge >= 0.3 is 0 Å². The van der Waals surface area contributed by atoms with E-state index in [1.807, 2.05) is 37.4 Å². The fourth-order valence-corrected chi connectivity index (χ4v) is 4.11. The van der Waals surface area contributed by atoms with Crippen molar-refractivity contribution in [1.29, 1.82) is 0 Å². The van der Waals surface area contributed by atoms with E-state index in [1.165, 1.54) is 5.56 Å². The van der Waals surface area contributed by atoms with Gasteiger partial charge in [-0.3, -0.25) is 9.78 Å². The molecule has 0 spiro atoms. The summed E-state index contributed by atoms with van der Waals surface area (Å²) in [5, 5.41) is 12.9. The van der Waals surface area contributed by atoms with Crippen LogP contribution >= 0.6 is 15.9 Å². The largest absolute Gasteiger partial charge is 0.396 e. The lowest BCUT2D eigenvalue weighted by molar-refractivity contribution is 0.277. The quantitative estimate of drug-likeness (QED) is 0.513. The molecular formula is C23H26BrN3O2. The summed E-state index contributed by atoms with van der Waals surface area (Å²) >= 11 is 3.48. The minimum absolute atomic E-state index is 0.0635. The molecule has 1 unspecified atom stereocenters. The Hall–Kier alpha value is -2.28. The molecule has 2 N–H and O–H groups in total. The first-order chi connectivity index (χ1) is 14.1. The Morgan fingerprint density at radius 2 is 1.90 bits per heavy atom. The van der Waals surface area contributed by atoms with Gasteiger partial charge in [0.2, 0.25) is 0 Å². The van der Waals surface area contributed by atoms with Crippen LogP contribution in [0.15, 0.2) is 70.2 Å². The molecule has 0 aliphatic rings. The normalized spacial score (nSPS) is 12.1. The molecule has 6 heteroatoms. The van der Waals surface area contributed by atoms with E-state index in [1.54, 1.807) is 17.0 Å². The van der Waals surface area contributed by atoms with Crippen molar-refractivity contribution < 1.29 is 5.11 Å². The SMILES string of the molecule is Cn1c(C(CCCO)CNCc2ccccc2)cc(-c2ccncc2)c(Br)c1=O. The Morgan fingerprint density at radius 1 is 1.17 bits per heavy atom. The molecule has 3 rings (SSSR count). The van der Waals surface area contributed by atoms with Gasteiger partial charge in [-0.15, -0.1) is 0 Å². The Kier molecular flexibility index (Phi) is 7.75. The number of nitrogens with one attached hydrogen (secondary N) is 1. The van der Waals surface area contributed by atoms with Crippen molar-refractivity contribution in [1.82, 2.24) is 14.9 Å². The minimum atomic E-state index is -0.0635. The van der Waals surface area contributed by atoms with Crippen LogP contribution in [0.25, 0.3) is 11.1 Å². The molecule has 0 bridgehead atoms. The molecule has 29 heavy (non-hydrogen) atoms. The van der Waals surface area contributed by atoms with Crippen LogP contribution in [0.2, 0.25) is 0 Å². The number of hydrogen-bond acceptors (Lipinski definition) is 4. The number of aliphatic hydroxyl groups excluding tert-OH is 1. The molecule has 0 fully saturated rings. The zero-order valence-corrected chi connectivity index (χ0v) is 18.1. The zero-order valence-electron chi connectivity index (χ0n) is 16.5. The van der Waals surface area contributed by atoms with Crippen LogP contribution in [0.5, 0.6) is 0 Å². The summed E-state index contributed by atoms with van der Waals surface area (Å²) < 4.78 is 2.26. The Morgan fingerprint density at radius 3 is 2.59 bits per heavy atom. The number of benzene rings is 1. The second kappa shape index (κ2) is 10.5. The van der Waals surface area contributed by atoms with Crippen molar-refractivity contribution in [2.24, 2.45) is 7.05 Å². The smallest absolute Gasteiger partial charge is 0.265 e. The van der Waals surface area contributed by atoms with Gasteiger partial charge in [-0.05, 0) is 58.1 Å². The van der Waals surface area contributed by atoms with E-state index in [4.69, 9.17) is 0 Å². The minimum Gasteiger partial charge on any atom is -0.396 e. The predicted octanol–water partition coefficient (Wildman–Crippen LogP) is 3.86. The Bertz CT molecular complexity index is 975. The highest BCUT2D eigenvalue weighted by Crippen LogP contribution is 2.29. The topological polar surface area (TPSA) is 67.2 Å². The number of hydrogen-bond donors (Lipinski definition) is 2. The molecule has 3 aromatic rings. The molecule has 152 valence electrons. The van der Waals surface area contributed by atoms with Crippen LogP contribution in [0.3, 0.4) is 0 Å². The number of pyridine rings is 2. The summed E-state index contributed by atoms with van der Waals surface area (Å²) in [7, 11) is 1.81. The summed E-state index contributed by atoms with van der Waals surface area (Å²) in [6, 6.07) is 16.1. The van der Waals surface area contributed by atoms with E-state index < -0.39 is 0 Å². The summed E-state index contributed by atoms with van der Waals surface area (Å²) in [6.07, 6.45) is 4.93. The average Bonchev–Trinajstić information content (AvgIpc) is 2.76. The third kappa shape index (κ3) is 5.41. The summed E-state index contributed by atoms with van der Waals surface area (Å²) in [4.78, 5) is 17.0. The maximum absolute atomic E-state index is 12.9. The zero-order chi connectivity index (χ0) is 20.6. The van der Waals surface area contributed by atoms with Gasteiger partial charge in [0.1, 0.15) is 0 Å². The van der Waals surface area contributed by atoms with Crippen molar-refractivity contribution in [3.05, 3.63) is 87.0 Å². The molecule has 0 amide bonds. The van der Waals surface area contributed by atoms with Crippen LogP contribution in [0.1, 0.15) is 30.0 Å². The van der Waals surface area contributed by atoms with Gasteiger partial charge in [-0.25, -0.2) is 0 Å². The van der Waals surface area contributed by atoms with Crippen molar-refractivity contribution >= 4 is 15.9 Å². The number of nitrogens with zero attached hydrogens (tertiary/aromatic N) is 2. The molecule has 5 nitrogen and oxygen atoms in total. The van der Waals surface area contributed by atoms with Gasteiger partial charge in [0.15, 0.2) is 0 Å². The summed E-state index contributed by atoms with van der Waals surface area (Å²) in [5.74, 6) is 0.109.